The van der Waals surface area contributed by atoms with Crippen molar-refractivity contribution in [3.63, 3.8) is 0 Å². The summed E-state index contributed by atoms with van der Waals surface area (Å²) in [4.78, 5) is 11.3. The van der Waals surface area contributed by atoms with Crippen molar-refractivity contribution >= 4 is 23.0 Å². The van der Waals surface area contributed by atoms with Crippen molar-refractivity contribution in [1.29, 1.82) is 0 Å². The van der Waals surface area contributed by atoms with Gasteiger partial charge in [-0.25, -0.2) is 0 Å². The Labute approximate surface area is 110 Å². The van der Waals surface area contributed by atoms with E-state index in [9.17, 15) is 4.79 Å². The van der Waals surface area contributed by atoms with E-state index in [0.717, 1.165) is 22.6 Å². The first-order valence-corrected chi connectivity index (χ1v) is 6.06. The summed E-state index contributed by atoms with van der Waals surface area (Å²) >= 11 is 0. The van der Waals surface area contributed by atoms with Gasteiger partial charge in [0.15, 0.2) is 0 Å². The Kier molecular flexibility index (Phi) is 2.63. The summed E-state index contributed by atoms with van der Waals surface area (Å²) in [5.41, 5.74) is 10.3. The van der Waals surface area contributed by atoms with Crippen molar-refractivity contribution in [2.75, 3.05) is 16.4 Å². The quantitative estimate of drug-likeness (QED) is 0.719. The Morgan fingerprint density at radius 1 is 1.53 bits per heavy atom. The highest BCUT2D eigenvalue weighted by Gasteiger charge is 2.19. The molecule has 19 heavy (non-hydrogen) atoms. The number of nitrogen functional groups attached to an aromatic ring is 1. The molecule has 2 aromatic rings. The van der Waals surface area contributed by atoms with Crippen LogP contribution in [0, 0.1) is 0 Å². The summed E-state index contributed by atoms with van der Waals surface area (Å²) < 4.78 is 1.80. The van der Waals surface area contributed by atoms with Crippen LogP contribution in [-0.4, -0.2) is 15.7 Å². The molecule has 3 rings (SSSR count). The highest BCUT2D eigenvalue weighted by molar-refractivity contribution is 6.00. The van der Waals surface area contributed by atoms with E-state index < -0.39 is 0 Å². The molecule has 98 valence electrons. The minimum Gasteiger partial charge on any atom is -0.397 e. The standard InChI is InChI=1S/C13H15N5O/c1-18-9(2-3-16-18)7-15-12-6-11-8(4-10(12)14)5-13(19)17-11/h2-4,6,15H,5,7,14H2,1H3,(H,17,19). The van der Waals surface area contributed by atoms with E-state index in [0.29, 0.717) is 18.7 Å². The number of benzene rings is 1. The van der Waals surface area contributed by atoms with Crippen molar-refractivity contribution in [1.82, 2.24) is 9.78 Å². The number of nitrogens with one attached hydrogen (secondary N) is 2. The second-order valence-corrected chi connectivity index (χ2v) is 4.62. The van der Waals surface area contributed by atoms with Crippen LogP contribution in [0.5, 0.6) is 0 Å². The average molecular weight is 257 g/mol. The Morgan fingerprint density at radius 3 is 3.11 bits per heavy atom. The fourth-order valence-corrected chi connectivity index (χ4v) is 2.21. The van der Waals surface area contributed by atoms with Crippen molar-refractivity contribution in [2.45, 2.75) is 13.0 Å². The number of aromatic nitrogens is 2. The van der Waals surface area contributed by atoms with Crippen LogP contribution in [0.4, 0.5) is 17.1 Å². The summed E-state index contributed by atoms with van der Waals surface area (Å²) in [6.07, 6.45) is 2.16. The zero-order valence-corrected chi connectivity index (χ0v) is 10.6. The second kappa shape index (κ2) is 4.31. The molecule has 0 saturated carbocycles. The molecule has 0 spiro atoms. The molecule has 0 radical (unpaired) electrons. The first kappa shape index (κ1) is 11.6. The van der Waals surface area contributed by atoms with Gasteiger partial charge < -0.3 is 16.4 Å². The molecule has 0 bridgehead atoms. The molecule has 0 atom stereocenters. The van der Waals surface area contributed by atoms with Gasteiger partial charge in [0, 0.05) is 18.9 Å². The van der Waals surface area contributed by atoms with Crippen LogP contribution < -0.4 is 16.4 Å². The average Bonchev–Trinajstić information content (AvgIpc) is 2.91. The molecule has 1 aliphatic heterocycles. The van der Waals surface area contributed by atoms with E-state index in [1.807, 2.05) is 25.2 Å². The summed E-state index contributed by atoms with van der Waals surface area (Å²) in [6.45, 7) is 0.632. The summed E-state index contributed by atoms with van der Waals surface area (Å²) in [5.74, 6) is 0.0122. The monoisotopic (exact) mass is 257 g/mol. The number of carbonyl (C=O) groups is 1. The number of hydrogen-bond acceptors (Lipinski definition) is 4. The number of amides is 1. The molecule has 1 aliphatic rings. The lowest BCUT2D eigenvalue weighted by atomic mass is 10.1. The smallest absolute Gasteiger partial charge is 0.228 e. The third-order valence-electron chi connectivity index (χ3n) is 3.28. The molecule has 0 aliphatic carbocycles. The topological polar surface area (TPSA) is 85.0 Å². The van der Waals surface area contributed by atoms with Gasteiger partial charge in [-0.2, -0.15) is 5.10 Å². The maximum absolute atomic E-state index is 11.3. The zero-order chi connectivity index (χ0) is 13.4. The zero-order valence-electron chi connectivity index (χ0n) is 10.6. The molecule has 6 nitrogen and oxygen atoms in total. The van der Waals surface area contributed by atoms with Crippen LogP contribution in [-0.2, 0) is 24.8 Å². The lowest BCUT2D eigenvalue weighted by Crippen LogP contribution is -2.07. The molecular weight excluding hydrogens is 242 g/mol. The van der Waals surface area contributed by atoms with E-state index in [1.54, 1.807) is 10.9 Å². The van der Waals surface area contributed by atoms with Crippen molar-refractivity contribution in [3.05, 3.63) is 35.7 Å². The first-order valence-electron chi connectivity index (χ1n) is 6.06. The molecule has 1 amide bonds. The molecule has 1 aromatic carbocycles. The minimum atomic E-state index is 0.0122. The van der Waals surface area contributed by atoms with Gasteiger partial charge in [-0.05, 0) is 23.8 Å². The van der Waals surface area contributed by atoms with Crippen molar-refractivity contribution < 1.29 is 4.79 Å². The largest absolute Gasteiger partial charge is 0.397 e. The number of carbonyl (C=O) groups excluding carboxylic acids is 1. The molecule has 4 N–H and O–H groups in total. The Hall–Kier alpha value is -2.50. The Morgan fingerprint density at radius 2 is 2.37 bits per heavy atom. The molecule has 0 unspecified atom stereocenters. The Balaban J connectivity index is 1.80. The van der Waals surface area contributed by atoms with E-state index >= 15 is 0 Å². The Bertz CT molecular complexity index is 646. The highest BCUT2D eigenvalue weighted by Crippen LogP contribution is 2.31. The van der Waals surface area contributed by atoms with Crippen LogP contribution >= 0.6 is 0 Å². The number of nitrogens with zero attached hydrogens (tertiary/aromatic N) is 2. The van der Waals surface area contributed by atoms with Gasteiger partial charge in [-0.1, -0.05) is 0 Å². The predicted molar refractivity (Wildman–Crippen MR) is 73.7 cm³/mol. The summed E-state index contributed by atoms with van der Waals surface area (Å²) in [6, 6.07) is 5.67. The van der Waals surface area contributed by atoms with Gasteiger partial charge >= 0.3 is 0 Å². The van der Waals surface area contributed by atoms with Crippen LogP contribution in [0.2, 0.25) is 0 Å². The number of anilines is 3. The van der Waals surface area contributed by atoms with Gasteiger partial charge in [0.25, 0.3) is 0 Å². The van der Waals surface area contributed by atoms with Crippen LogP contribution in [0.3, 0.4) is 0 Å². The van der Waals surface area contributed by atoms with E-state index in [-0.39, 0.29) is 5.91 Å². The third-order valence-corrected chi connectivity index (χ3v) is 3.28. The van der Waals surface area contributed by atoms with Crippen LogP contribution in [0.1, 0.15) is 11.3 Å². The highest BCUT2D eigenvalue weighted by atomic mass is 16.1. The van der Waals surface area contributed by atoms with E-state index in [2.05, 4.69) is 15.7 Å². The van der Waals surface area contributed by atoms with Crippen molar-refractivity contribution in [3.8, 4) is 0 Å². The fourth-order valence-electron chi connectivity index (χ4n) is 2.21. The number of hydrogen-bond donors (Lipinski definition) is 3. The van der Waals surface area contributed by atoms with Crippen LogP contribution in [0.25, 0.3) is 0 Å². The lowest BCUT2D eigenvalue weighted by Gasteiger charge is -2.11. The van der Waals surface area contributed by atoms with Gasteiger partial charge in [0.05, 0.1) is 30.0 Å². The molecule has 0 saturated heterocycles. The molecule has 6 heteroatoms. The molecule has 0 fully saturated rings. The minimum absolute atomic E-state index is 0.0122. The van der Waals surface area contributed by atoms with Crippen molar-refractivity contribution in [2.24, 2.45) is 7.05 Å². The maximum Gasteiger partial charge on any atom is 0.228 e. The maximum atomic E-state index is 11.3. The lowest BCUT2D eigenvalue weighted by molar-refractivity contribution is -0.115. The summed E-state index contributed by atoms with van der Waals surface area (Å²) in [7, 11) is 1.89. The fraction of sp³-hybridized carbons (Fsp3) is 0.231. The summed E-state index contributed by atoms with van der Waals surface area (Å²) in [5, 5.41) is 10.2. The van der Waals surface area contributed by atoms with Crippen LogP contribution in [0.15, 0.2) is 24.4 Å². The molecular formula is C13H15N5O. The first-order chi connectivity index (χ1) is 9.13. The number of rotatable bonds is 3. The third kappa shape index (κ3) is 2.12. The SMILES string of the molecule is Cn1nccc1CNc1cc2c(cc1N)CC(=O)N2. The molecule has 1 aromatic heterocycles. The number of nitrogens with two attached hydrogens (primary N) is 1. The van der Waals surface area contributed by atoms with Gasteiger partial charge in [-0.3, -0.25) is 9.48 Å². The van der Waals surface area contributed by atoms with E-state index in [4.69, 9.17) is 5.73 Å². The van der Waals surface area contributed by atoms with Gasteiger partial charge in [0.2, 0.25) is 5.91 Å². The molecule has 2 heterocycles. The van der Waals surface area contributed by atoms with Gasteiger partial charge in [0.1, 0.15) is 0 Å². The normalized spacial score (nSPS) is 13.2. The predicted octanol–water partition coefficient (Wildman–Crippen LogP) is 1.11. The second-order valence-electron chi connectivity index (χ2n) is 4.62. The van der Waals surface area contributed by atoms with Gasteiger partial charge in [-0.15, -0.1) is 0 Å². The number of fused-ring (bicyclic) bond motifs is 1. The van der Waals surface area contributed by atoms with E-state index in [1.165, 1.54) is 0 Å². The number of aryl methyl sites for hydroxylation is 1.